The third-order valence-electron chi connectivity index (χ3n) is 2.31. The molecule has 100 valence electrons. The van der Waals surface area contributed by atoms with Gasteiger partial charge in [-0.25, -0.2) is 4.39 Å². The quantitative estimate of drug-likeness (QED) is 0.873. The first-order chi connectivity index (χ1) is 8.45. The van der Waals surface area contributed by atoms with Crippen molar-refractivity contribution in [3.63, 3.8) is 0 Å². The number of carbonyl (C=O) groups is 1. The largest absolute Gasteiger partial charge is 0.371 e. The smallest absolute Gasteiger partial charge is 0.242 e. The van der Waals surface area contributed by atoms with E-state index in [1.165, 1.54) is 0 Å². The molecule has 0 bridgehead atoms. The molecule has 0 spiro atoms. The van der Waals surface area contributed by atoms with E-state index in [0.29, 0.717) is 12.2 Å². The van der Waals surface area contributed by atoms with Gasteiger partial charge in [0.25, 0.3) is 0 Å². The molecule has 0 saturated heterocycles. The molecule has 0 heterocycles. The molecule has 1 aromatic carbocycles. The topological polar surface area (TPSA) is 41.1 Å². The second-order valence-corrected chi connectivity index (χ2v) is 4.72. The van der Waals surface area contributed by atoms with Gasteiger partial charge in [-0.3, -0.25) is 4.79 Å². The van der Waals surface area contributed by atoms with Crippen LogP contribution in [0, 0.1) is 5.82 Å². The fourth-order valence-corrected chi connectivity index (χ4v) is 1.93. The molecule has 6 heteroatoms. The average Bonchev–Trinajstić information content (AvgIpc) is 2.30. The zero-order valence-electron chi connectivity index (χ0n) is 10.2. The normalized spacial score (nSPS) is 12.1. The molecule has 1 aromatic rings. The second-order valence-electron chi connectivity index (χ2n) is 3.90. The first-order valence-corrected chi connectivity index (χ1v) is 6.40. The van der Waals surface area contributed by atoms with Gasteiger partial charge in [-0.2, -0.15) is 0 Å². The van der Waals surface area contributed by atoms with Crippen molar-refractivity contribution in [3.05, 3.63) is 28.0 Å². The Balaban J connectivity index is 2.75. The third-order valence-corrected chi connectivity index (χ3v) is 2.91. The Morgan fingerprint density at radius 2 is 1.94 bits per heavy atom. The lowest BCUT2D eigenvalue weighted by Gasteiger charge is -2.17. The minimum Gasteiger partial charge on any atom is -0.371 e. The Hall–Kier alpha value is -1.00. The third kappa shape index (κ3) is 4.03. The molecule has 1 amide bonds. The number of anilines is 1. The molecule has 0 aliphatic rings. The molecule has 2 N–H and O–H groups in total. The number of carbonyl (C=O) groups excluding carboxylic acids is 1. The van der Waals surface area contributed by atoms with Gasteiger partial charge in [0.2, 0.25) is 5.91 Å². The highest BCUT2D eigenvalue weighted by atomic mass is 35.5. The lowest BCUT2D eigenvalue weighted by atomic mass is 10.2. The summed E-state index contributed by atoms with van der Waals surface area (Å²) in [7, 11) is 0. The van der Waals surface area contributed by atoms with Gasteiger partial charge in [0.1, 0.15) is 11.9 Å². The summed E-state index contributed by atoms with van der Waals surface area (Å²) >= 11 is 11.7. The van der Waals surface area contributed by atoms with E-state index < -0.39 is 11.9 Å². The van der Waals surface area contributed by atoms with Crippen LogP contribution >= 0.6 is 23.2 Å². The van der Waals surface area contributed by atoms with E-state index in [2.05, 4.69) is 10.6 Å². The van der Waals surface area contributed by atoms with Crippen molar-refractivity contribution in [1.82, 2.24) is 5.32 Å². The van der Waals surface area contributed by atoms with Crippen LogP contribution in [0.4, 0.5) is 10.1 Å². The zero-order chi connectivity index (χ0) is 13.7. The van der Waals surface area contributed by atoms with Crippen LogP contribution in [0.15, 0.2) is 12.1 Å². The lowest BCUT2D eigenvalue weighted by molar-refractivity contribution is -0.121. The zero-order valence-corrected chi connectivity index (χ0v) is 11.7. The van der Waals surface area contributed by atoms with E-state index in [4.69, 9.17) is 23.2 Å². The Morgan fingerprint density at radius 1 is 1.39 bits per heavy atom. The molecule has 0 aliphatic carbocycles. The second kappa shape index (κ2) is 6.81. The fraction of sp³-hybridized carbons (Fsp3) is 0.417. The van der Waals surface area contributed by atoms with Gasteiger partial charge < -0.3 is 10.6 Å². The molecule has 0 aliphatic heterocycles. The summed E-state index contributed by atoms with van der Waals surface area (Å²) in [5.74, 6) is -0.674. The van der Waals surface area contributed by atoms with Gasteiger partial charge in [-0.15, -0.1) is 0 Å². The fourth-order valence-electron chi connectivity index (χ4n) is 1.36. The van der Waals surface area contributed by atoms with Crippen molar-refractivity contribution < 1.29 is 9.18 Å². The van der Waals surface area contributed by atoms with E-state index >= 15 is 0 Å². The highest BCUT2D eigenvalue weighted by Crippen LogP contribution is 2.31. The Labute approximate surface area is 116 Å². The number of benzene rings is 1. The van der Waals surface area contributed by atoms with E-state index in [9.17, 15) is 9.18 Å². The molecular formula is C12H15Cl2FN2O. The number of rotatable bonds is 5. The van der Waals surface area contributed by atoms with Crippen LogP contribution < -0.4 is 10.6 Å². The predicted molar refractivity (Wildman–Crippen MR) is 72.8 cm³/mol. The average molecular weight is 293 g/mol. The number of hydrogen-bond donors (Lipinski definition) is 2. The minimum absolute atomic E-state index is 0.148. The molecular weight excluding hydrogens is 278 g/mol. The molecule has 0 fully saturated rings. The van der Waals surface area contributed by atoms with E-state index in [1.807, 2.05) is 6.92 Å². The van der Waals surface area contributed by atoms with Gasteiger partial charge >= 0.3 is 0 Å². The van der Waals surface area contributed by atoms with Crippen LogP contribution in [-0.2, 0) is 4.79 Å². The summed E-state index contributed by atoms with van der Waals surface area (Å²) in [5, 5.41) is 5.91. The molecule has 3 nitrogen and oxygen atoms in total. The maximum Gasteiger partial charge on any atom is 0.242 e. The highest BCUT2D eigenvalue weighted by Gasteiger charge is 2.16. The Bertz CT molecular complexity index is 417. The summed E-state index contributed by atoms with van der Waals surface area (Å²) in [4.78, 5) is 11.7. The summed E-state index contributed by atoms with van der Waals surface area (Å²) in [6.07, 6.45) is 0.858. The van der Waals surface area contributed by atoms with Gasteiger partial charge in [-0.1, -0.05) is 30.1 Å². The Kier molecular flexibility index (Phi) is 5.69. The first-order valence-electron chi connectivity index (χ1n) is 5.64. The predicted octanol–water partition coefficient (Wildman–Crippen LogP) is 3.46. The molecule has 18 heavy (non-hydrogen) atoms. The number of halogens is 3. The van der Waals surface area contributed by atoms with Crippen LogP contribution in [0.1, 0.15) is 20.3 Å². The van der Waals surface area contributed by atoms with Crippen LogP contribution in [0.5, 0.6) is 0 Å². The van der Waals surface area contributed by atoms with Gasteiger partial charge in [-0.05, 0) is 25.5 Å². The minimum atomic E-state index is -0.515. The first kappa shape index (κ1) is 15.1. The maximum atomic E-state index is 13.0. The summed E-state index contributed by atoms with van der Waals surface area (Å²) in [6.45, 7) is 4.25. The highest BCUT2D eigenvalue weighted by molar-refractivity contribution is 6.39. The molecule has 0 aromatic heterocycles. The standard InChI is InChI=1S/C12H15Cl2FN2O/c1-3-4-16-12(18)7(2)17-11-9(13)5-8(15)6-10(11)14/h5-7,17H,3-4H2,1-2H3,(H,16,18). The summed E-state index contributed by atoms with van der Waals surface area (Å²) in [6, 6.07) is 1.79. The van der Waals surface area contributed by atoms with Crippen LogP contribution in [0.2, 0.25) is 10.0 Å². The number of amides is 1. The summed E-state index contributed by atoms with van der Waals surface area (Å²) in [5.41, 5.74) is 0.360. The van der Waals surface area contributed by atoms with Crippen LogP contribution in [-0.4, -0.2) is 18.5 Å². The van der Waals surface area contributed by atoms with E-state index in [1.54, 1.807) is 6.92 Å². The summed E-state index contributed by atoms with van der Waals surface area (Å²) < 4.78 is 13.0. The van der Waals surface area contributed by atoms with E-state index in [0.717, 1.165) is 18.6 Å². The number of hydrogen-bond acceptors (Lipinski definition) is 2. The lowest BCUT2D eigenvalue weighted by Crippen LogP contribution is -2.38. The Morgan fingerprint density at radius 3 is 2.44 bits per heavy atom. The van der Waals surface area contributed by atoms with Crippen molar-refractivity contribution in [2.45, 2.75) is 26.3 Å². The van der Waals surface area contributed by atoms with Crippen molar-refractivity contribution in [1.29, 1.82) is 0 Å². The molecule has 1 unspecified atom stereocenters. The van der Waals surface area contributed by atoms with Crippen LogP contribution in [0.3, 0.4) is 0 Å². The monoisotopic (exact) mass is 292 g/mol. The van der Waals surface area contributed by atoms with E-state index in [-0.39, 0.29) is 16.0 Å². The molecule has 0 radical (unpaired) electrons. The molecule has 1 atom stereocenters. The van der Waals surface area contributed by atoms with Crippen molar-refractivity contribution in [3.8, 4) is 0 Å². The van der Waals surface area contributed by atoms with Crippen molar-refractivity contribution in [2.24, 2.45) is 0 Å². The van der Waals surface area contributed by atoms with Gasteiger partial charge in [0.05, 0.1) is 15.7 Å². The molecule has 0 saturated carbocycles. The SMILES string of the molecule is CCCNC(=O)C(C)Nc1c(Cl)cc(F)cc1Cl. The van der Waals surface area contributed by atoms with Gasteiger partial charge in [0.15, 0.2) is 0 Å². The maximum absolute atomic E-state index is 13.0. The van der Waals surface area contributed by atoms with Gasteiger partial charge in [0, 0.05) is 6.54 Å². The number of nitrogens with one attached hydrogen (secondary N) is 2. The van der Waals surface area contributed by atoms with Crippen molar-refractivity contribution in [2.75, 3.05) is 11.9 Å². The van der Waals surface area contributed by atoms with Crippen molar-refractivity contribution >= 4 is 34.8 Å². The molecule has 1 rings (SSSR count). The van der Waals surface area contributed by atoms with Crippen LogP contribution in [0.25, 0.3) is 0 Å².